The maximum absolute atomic E-state index is 11.5. The molecular weight excluding hydrogens is 396 g/mol. The lowest BCUT2D eigenvalue weighted by Crippen LogP contribution is -2.31. The molecule has 174 valence electrons. The van der Waals surface area contributed by atoms with E-state index in [2.05, 4.69) is 11.7 Å². The Balaban J connectivity index is 4.73. The zero-order valence-electron chi connectivity index (χ0n) is 19.4. The summed E-state index contributed by atoms with van der Waals surface area (Å²) in [7, 11) is 1.39. The first-order valence-corrected chi connectivity index (χ1v) is 11.0. The molecule has 0 unspecified atom stereocenters. The molecule has 0 spiro atoms. The zero-order valence-corrected chi connectivity index (χ0v) is 19.4. The van der Waals surface area contributed by atoms with Crippen LogP contribution in [-0.2, 0) is 28.6 Å². The first kappa shape index (κ1) is 28.4. The Morgan fingerprint density at radius 3 is 2.03 bits per heavy atom. The van der Waals surface area contributed by atoms with Crippen LogP contribution in [0.25, 0.3) is 0 Å². The fourth-order valence-electron chi connectivity index (χ4n) is 2.65. The van der Waals surface area contributed by atoms with Gasteiger partial charge in [0.2, 0.25) is 0 Å². The van der Waals surface area contributed by atoms with Gasteiger partial charge in [-0.3, -0.25) is 14.4 Å². The molecule has 0 aromatic carbocycles. The van der Waals surface area contributed by atoms with Crippen LogP contribution in [0, 0.1) is 0 Å². The smallest absolute Gasteiger partial charge is 0.305 e. The van der Waals surface area contributed by atoms with Crippen molar-refractivity contribution in [2.24, 2.45) is 0 Å². The van der Waals surface area contributed by atoms with Gasteiger partial charge in [0.25, 0.3) is 0 Å². The summed E-state index contributed by atoms with van der Waals surface area (Å²) in [4.78, 5) is 34.0. The van der Waals surface area contributed by atoms with E-state index in [0.29, 0.717) is 6.42 Å². The molecule has 6 nitrogen and oxygen atoms in total. The highest BCUT2D eigenvalue weighted by molar-refractivity contribution is 5.69. The monoisotopic (exact) mass is 434 g/mol. The summed E-state index contributed by atoms with van der Waals surface area (Å²) in [5.41, 5.74) is 0. The van der Waals surface area contributed by atoms with Gasteiger partial charge in [0, 0.05) is 20.3 Å². The summed E-state index contributed by atoms with van der Waals surface area (Å²) >= 11 is 0. The summed E-state index contributed by atoms with van der Waals surface area (Å²) in [6.45, 7) is 4.81. The van der Waals surface area contributed by atoms with Gasteiger partial charge in [-0.1, -0.05) is 56.2 Å². The van der Waals surface area contributed by atoms with Gasteiger partial charge in [-0.2, -0.15) is 0 Å². The summed E-state index contributed by atoms with van der Waals surface area (Å²) in [5.74, 6) is -1.06. The number of esters is 3. The Bertz CT molecular complexity index is 630. The largest absolute Gasteiger partial charge is 0.469 e. The molecular formula is C25H38O6. The van der Waals surface area contributed by atoms with Crippen LogP contribution in [0.1, 0.15) is 72.1 Å². The number of rotatable bonds is 16. The third-order valence-corrected chi connectivity index (χ3v) is 4.19. The number of ether oxygens (including phenoxy) is 3. The van der Waals surface area contributed by atoms with E-state index in [-0.39, 0.29) is 5.97 Å². The van der Waals surface area contributed by atoms with E-state index >= 15 is 0 Å². The van der Waals surface area contributed by atoms with Gasteiger partial charge in [0.1, 0.15) is 0 Å². The van der Waals surface area contributed by atoms with Crippen molar-refractivity contribution in [2.45, 2.75) is 84.3 Å². The topological polar surface area (TPSA) is 78.9 Å². The lowest BCUT2D eigenvalue weighted by molar-refractivity contribution is -0.158. The Hall–Kier alpha value is -2.63. The van der Waals surface area contributed by atoms with Gasteiger partial charge in [-0.05, 0) is 44.3 Å². The Morgan fingerprint density at radius 1 is 0.774 bits per heavy atom. The minimum atomic E-state index is -0.692. The Labute approximate surface area is 187 Å². The predicted octanol–water partition coefficient (Wildman–Crippen LogP) is 5.39. The maximum atomic E-state index is 11.5. The van der Waals surface area contributed by atoms with Crippen LogP contribution in [0.3, 0.4) is 0 Å². The fourth-order valence-corrected chi connectivity index (χ4v) is 2.65. The van der Waals surface area contributed by atoms with Crippen LogP contribution in [0.15, 0.2) is 48.6 Å². The van der Waals surface area contributed by atoms with E-state index in [1.165, 1.54) is 21.0 Å². The second kappa shape index (κ2) is 19.3. The highest BCUT2D eigenvalue weighted by Crippen LogP contribution is 2.11. The van der Waals surface area contributed by atoms with Crippen molar-refractivity contribution in [3.05, 3.63) is 48.6 Å². The van der Waals surface area contributed by atoms with Crippen molar-refractivity contribution in [1.29, 1.82) is 0 Å². The van der Waals surface area contributed by atoms with Crippen LogP contribution in [0.4, 0.5) is 0 Å². The van der Waals surface area contributed by atoms with Gasteiger partial charge in [-0.25, -0.2) is 0 Å². The minimum Gasteiger partial charge on any atom is -0.469 e. The summed E-state index contributed by atoms with van der Waals surface area (Å²) in [6, 6.07) is 0. The van der Waals surface area contributed by atoms with Crippen LogP contribution < -0.4 is 0 Å². The highest BCUT2D eigenvalue weighted by atomic mass is 16.6. The molecule has 0 aliphatic rings. The molecule has 0 N–H and O–H groups in total. The van der Waals surface area contributed by atoms with Crippen molar-refractivity contribution in [2.75, 3.05) is 7.11 Å². The molecule has 0 aromatic rings. The second-order valence-corrected chi connectivity index (χ2v) is 7.06. The molecule has 0 fully saturated rings. The number of allylic oxidation sites excluding steroid dienone is 6. The van der Waals surface area contributed by atoms with Gasteiger partial charge >= 0.3 is 17.9 Å². The van der Waals surface area contributed by atoms with Crippen molar-refractivity contribution >= 4 is 17.9 Å². The third kappa shape index (κ3) is 17.9. The molecule has 0 saturated carbocycles. The van der Waals surface area contributed by atoms with E-state index in [0.717, 1.165) is 44.9 Å². The molecule has 6 heteroatoms. The lowest BCUT2D eigenvalue weighted by atomic mass is 10.1. The number of methoxy groups -OCH3 is 1. The summed E-state index contributed by atoms with van der Waals surface area (Å²) < 4.78 is 15.3. The van der Waals surface area contributed by atoms with E-state index in [4.69, 9.17) is 9.47 Å². The molecule has 0 aliphatic carbocycles. The lowest BCUT2D eigenvalue weighted by Gasteiger charge is -2.21. The van der Waals surface area contributed by atoms with E-state index in [1.807, 2.05) is 30.4 Å². The molecule has 0 aromatic heterocycles. The second-order valence-electron chi connectivity index (χ2n) is 7.06. The molecule has 0 rings (SSSR count). The molecule has 2 atom stereocenters. The van der Waals surface area contributed by atoms with Crippen LogP contribution in [-0.4, -0.2) is 37.2 Å². The van der Waals surface area contributed by atoms with Crippen molar-refractivity contribution in [3.63, 3.8) is 0 Å². The first-order valence-electron chi connectivity index (χ1n) is 11.0. The minimum absolute atomic E-state index is 0.191. The van der Waals surface area contributed by atoms with Gasteiger partial charge in [0.15, 0.2) is 12.2 Å². The average Bonchev–Trinajstić information content (AvgIpc) is 2.72. The number of hydrogen-bond acceptors (Lipinski definition) is 6. The molecule has 0 amide bonds. The van der Waals surface area contributed by atoms with Gasteiger partial charge in [-0.15, -0.1) is 0 Å². The quantitative estimate of drug-likeness (QED) is 0.107. The summed E-state index contributed by atoms with van der Waals surface area (Å²) in [6.07, 6.45) is 20.7. The normalized spacial score (nSPS) is 13.8. The van der Waals surface area contributed by atoms with Crippen LogP contribution >= 0.6 is 0 Å². The van der Waals surface area contributed by atoms with E-state index in [1.54, 1.807) is 18.2 Å². The van der Waals surface area contributed by atoms with Crippen molar-refractivity contribution in [1.82, 2.24) is 0 Å². The third-order valence-electron chi connectivity index (χ3n) is 4.19. The van der Waals surface area contributed by atoms with Gasteiger partial charge in [0.05, 0.1) is 7.11 Å². The van der Waals surface area contributed by atoms with E-state index in [9.17, 15) is 14.4 Å². The molecule has 0 bridgehead atoms. The molecule has 0 radical (unpaired) electrons. The maximum Gasteiger partial charge on any atom is 0.305 e. The predicted molar refractivity (Wildman–Crippen MR) is 122 cm³/mol. The van der Waals surface area contributed by atoms with Gasteiger partial charge < -0.3 is 14.2 Å². The van der Waals surface area contributed by atoms with E-state index < -0.39 is 24.1 Å². The van der Waals surface area contributed by atoms with Crippen LogP contribution in [0.5, 0.6) is 0 Å². The standard InChI is InChI=1S/C25H38O6/c1-5-6-7-12-15-18-23(30-21(2)26)24(31-22(3)27)19-16-13-10-8-9-11-14-17-20-25(28)29-4/h9-11,13,15-16,18-19,23-24H,5-8,12,14,17,20H2,1-4H3/b11-9-,13-10-,18-15-,19-16+/t23-,24+/m1/s1. The van der Waals surface area contributed by atoms with Crippen molar-refractivity contribution < 1.29 is 28.6 Å². The highest BCUT2D eigenvalue weighted by Gasteiger charge is 2.22. The number of unbranched alkanes of at least 4 members (excludes halogenated alkanes) is 4. The van der Waals surface area contributed by atoms with Crippen LogP contribution in [0.2, 0.25) is 0 Å². The number of carbonyl (C=O) groups excluding carboxylic acids is 3. The SMILES string of the molecule is CCCCC/C=C\[C@@H](OC(C)=O)[C@H](/C=C/C=C\C/C=C\CCCC(=O)OC)OC(C)=O. The number of carbonyl (C=O) groups is 3. The Morgan fingerprint density at radius 2 is 1.42 bits per heavy atom. The molecule has 0 heterocycles. The van der Waals surface area contributed by atoms with Crippen molar-refractivity contribution in [3.8, 4) is 0 Å². The average molecular weight is 435 g/mol. The fraction of sp³-hybridized carbons (Fsp3) is 0.560. The molecule has 0 saturated heterocycles. The summed E-state index contributed by atoms with van der Waals surface area (Å²) in [5, 5.41) is 0. The Kier molecular flexibility index (Phi) is 17.7. The molecule has 31 heavy (non-hydrogen) atoms. The first-order chi connectivity index (χ1) is 14.9. The molecule has 0 aliphatic heterocycles. The number of hydrogen-bond donors (Lipinski definition) is 0. The zero-order chi connectivity index (χ0) is 23.3.